The molecule has 1 rings (SSSR count). The molecular formula is C13H18BrN3O3. The second-order valence-electron chi connectivity index (χ2n) is 4.98. The highest BCUT2D eigenvalue weighted by atomic mass is 79.9. The molecule has 1 aromatic heterocycles. The average molecular weight is 344 g/mol. The number of aryl methyl sites for hydroxylation is 1. The summed E-state index contributed by atoms with van der Waals surface area (Å²) in [4.78, 5) is 39.3. The minimum Gasteiger partial charge on any atom is -0.344 e. The molecule has 1 amide bonds. The molecule has 1 N–H and O–H groups in total. The van der Waals surface area contributed by atoms with E-state index in [9.17, 15) is 14.4 Å². The molecule has 0 aliphatic carbocycles. The summed E-state index contributed by atoms with van der Waals surface area (Å²) in [6, 6.07) is -0.542. The maximum absolute atomic E-state index is 11.9. The number of aromatic nitrogens is 2. The summed E-state index contributed by atoms with van der Waals surface area (Å²) in [6.45, 7) is 6.66. The van der Waals surface area contributed by atoms with Gasteiger partial charge in [0.1, 0.15) is 11.0 Å². The third kappa shape index (κ3) is 4.00. The molecule has 1 atom stereocenters. The average Bonchev–Trinajstić information content (AvgIpc) is 2.36. The molecule has 0 aliphatic rings. The summed E-state index contributed by atoms with van der Waals surface area (Å²) in [5.74, 6) is -0.501. The fraction of sp³-hybridized carbons (Fsp3) is 0.538. The lowest BCUT2D eigenvalue weighted by Crippen LogP contribution is -2.45. The Balaban J connectivity index is 2.84. The van der Waals surface area contributed by atoms with Gasteiger partial charge in [0.15, 0.2) is 5.78 Å². The largest absolute Gasteiger partial charge is 0.344 e. The molecular weight excluding hydrogens is 326 g/mol. The summed E-state index contributed by atoms with van der Waals surface area (Å²) >= 11 is 3.14. The van der Waals surface area contributed by atoms with Crippen LogP contribution in [0.3, 0.4) is 0 Å². The number of nitrogens with one attached hydrogen (secondary N) is 1. The number of Topliss-reactive ketones (excluding diaryl/α,β-unsaturated/α-hetero) is 1. The number of halogens is 1. The number of carbonyl (C=O) groups is 2. The zero-order valence-electron chi connectivity index (χ0n) is 11.9. The molecule has 7 heteroatoms. The number of nitrogens with zero attached hydrogens (tertiary/aromatic N) is 2. The van der Waals surface area contributed by atoms with Gasteiger partial charge in [-0.25, -0.2) is 4.98 Å². The maximum Gasteiger partial charge on any atom is 0.268 e. The number of rotatable bonds is 5. The van der Waals surface area contributed by atoms with Crippen molar-refractivity contribution in [2.75, 3.05) is 0 Å². The van der Waals surface area contributed by atoms with E-state index in [2.05, 4.69) is 26.2 Å². The van der Waals surface area contributed by atoms with Crippen LogP contribution in [0, 0.1) is 12.8 Å². The standard InChI is InChI=1S/C13H18BrN3O3/c1-7(2)12(9(4)18)16-10(19)5-17-6-15-8(3)11(14)13(17)20/h6-7,12H,5H2,1-4H3,(H,16,19). The normalized spacial score (nSPS) is 12.3. The van der Waals surface area contributed by atoms with Gasteiger partial charge in [-0.15, -0.1) is 0 Å². The fourth-order valence-electron chi connectivity index (χ4n) is 1.77. The molecule has 6 nitrogen and oxygen atoms in total. The first-order valence-corrected chi connectivity index (χ1v) is 7.04. The van der Waals surface area contributed by atoms with E-state index in [0.717, 1.165) is 0 Å². The summed E-state index contributed by atoms with van der Waals surface area (Å²) in [5, 5.41) is 2.63. The van der Waals surface area contributed by atoms with Crippen molar-refractivity contribution in [1.29, 1.82) is 0 Å². The van der Waals surface area contributed by atoms with E-state index in [4.69, 9.17) is 0 Å². The molecule has 0 aromatic carbocycles. The van der Waals surface area contributed by atoms with Gasteiger partial charge < -0.3 is 5.32 Å². The van der Waals surface area contributed by atoms with E-state index in [1.54, 1.807) is 6.92 Å². The first-order chi connectivity index (χ1) is 9.23. The number of hydrogen-bond acceptors (Lipinski definition) is 4. The maximum atomic E-state index is 11.9. The fourth-order valence-corrected chi connectivity index (χ4v) is 2.10. The summed E-state index contributed by atoms with van der Waals surface area (Å²) in [6.07, 6.45) is 1.32. The Morgan fingerprint density at radius 2 is 2.05 bits per heavy atom. The van der Waals surface area contributed by atoms with E-state index in [1.807, 2.05) is 13.8 Å². The summed E-state index contributed by atoms with van der Waals surface area (Å²) in [5.41, 5.74) is 0.243. The zero-order chi connectivity index (χ0) is 15.4. The van der Waals surface area contributed by atoms with Gasteiger partial charge in [0.05, 0.1) is 18.1 Å². The van der Waals surface area contributed by atoms with Gasteiger partial charge in [-0.3, -0.25) is 19.0 Å². The topological polar surface area (TPSA) is 81.1 Å². The van der Waals surface area contributed by atoms with Crippen molar-refractivity contribution in [2.24, 2.45) is 5.92 Å². The molecule has 0 saturated heterocycles. The Bertz CT molecular complexity index is 581. The Hall–Kier alpha value is -1.50. The second kappa shape index (κ2) is 6.78. The van der Waals surface area contributed by atoms with Crippen molar-refractivity contribution >= 4 is 27.6 Å². The molecule has 0 radical (unpaired) electrons. The first kappa shape index (κ1) is 16.6. The van der Waals surface area contributed by atoms with Gasteiger partial charge in [0, 0.05) is 0 Å². The van der Waals surface area contributed by atoms with Crippen LogP contribution >= 0.6 is 15.9 Å². The van der Waals surface area contributed by atoms with Crippen molar-refractivity contribution < 1.29 is 9.59 Å². The van der Waals surface area contributed by atoms with Gasteiger partial charge >= 0.3 is 0 Å². The zero-order valence-corrected chi connectivity index (χ0v) is 13.5. The highest BCUT2D eigenvalue weighted by Gasteiger charge is 2.21. The molecule has 0 bridgehead atoms. The molecule has 0 aliphatic heterocycles. The lowest BCUT2D eigenvalue weighted by atomic mass is 10.0. The van der Waals surface area contributed by atoms with Gasteiger partial charge in [-0.05, 0) is 35.7 Å². The van der Waals surface area contributed by atoms with Crippen molar-refractivity contribution in [2.45, 2.75) is 40.3 Å². The van der Waals surface area contributed by atoms with Crippen molar-refractivity contribution in [1.82, 2.24) is 14.9 Å². The van der Waals surface area contributed by atoms with Crippen molar-refractivity contribution in [3.8, 4) is 0 Å². The number of amides is 1. The molecule has 20 heavy (non-hydrogen) atoms. The van der Waals surface area contributed by atoms with E-state index in [-0.39, 0.29) is 23.8 Å². The molecule has 1 heterocycles. The van der Waals surface area contributed by atoms with Crippen LogP contribution in [-0.4, -0.2) is 27.3 Å². The Kier molecular flexibility index (Phi) is 5.62. The Labute approximate surface area is 125 Å². The highest BCUT2D eigenvalue weighted by Crippen LogP contribution is 2.06. The second-order valence-corrected chi connectivity index (χ2v) is 5.77. The summed E-state index contributed by atoms with van der Waals surface area (Å²) < 4.78 is 1.53. The molecule has 110 valence electrons. The van der Waals surface area contributed by atoms with Crippen LogP contribution in [0.5, 0.6) is 0 Å². The monoisotopic (exact) mass is 343 g/mol. The SMILES string of the molecule is CC(=O)C(NC(=O)Cn1cnc(C)c(Br)c1=O)C(C)C. The summed E-state index contributed by atoms with van der Waals surface area (Å²) in [7, 11) is 0. The molecule has 0 saturated carbocycles. The van der Waals surface area contributed by atoms with Crippen LogP contribution < -0.4 is 10.9 Å². The van der Waals surface area contributed by atoms with Gasteiger partial charge in [0.2, 0.25) is 5.91 Å². The predicted octanol–water partition coefficient (Wildman–Crippen LogP) is 1.04. The van der Waals surface area contributed by atoms with E-state index in [0.29, 0.717) is 10.2 Å². The lowest BCUT2D eigenvalue weighted by molar-refractivity contribution is -0.128. The van der Waals surface area contributed by atoms with E-state index >= 15 is 0 Å². The number of ketones is 1. The van der Waals surface area contributed by atoms with E-state index in [1.165, 1.54) is 17.8 Å². The van der Waals surface area contributed by atoms with Gasteiger partial charge in [-0.2, -0.15) is 0 Å². The van der Waals surface area contributed by atoms with E-state index < -0.39 is 11.9 Å². The lowest BCUT2D eigenvalue weighted by Gasteiger charge is -2.19. The van der Waals surface area contributed by atoms with Gasteiger partial charge in [-0.1, -0.05) is 13.8 Å². The number of carbonyl (C=O) groups excluding carboxylic acids is 2. The van der Waals surface area contributed by atoms with Crippen LogP contribution in [0.15, 0.2) is 15.6 Å². The van der Waals surface area contributed by atoms with Crippen LogP contribution in [-0.2, 0) is 16.1 Å². The minimum absolute atomic E-state index is 0.00366. The van der Waals surface area contributed by atoms with Crippen LogP contribution in [0.25, 0.3) is 0 Å². The smallest absolute Gasteiger partial charge is 0.268 e. The molecule has 0 fully saturated rings. The van der Waals surface area contributed by atoms with Gasteiger partial charge in [0.25, 0.3) is 5.56 Å². The Morgan fingerprint density at radius 1 is 1.45 bits per heavy atom. The quantitative estimate of drug-likeness (QED) is 0.866. The highest BCUT2D eigenvalue weighted by molar-refractivity contribution is 9.10. The number of hydrogen-bond donors (Lipinski definition) is 1. The minimum atomic E-state index is -0.542. The predicted molar refractivity (Wildman–Crippen MR) is 78.4 cm³/mol. The van der Waals surface area contributed by atoms with Crippen LogP contribution in [0.1, 0.15) is 26.5 Å². The third-order valence-electron chi connectivity index (χ3n) is 2.89. The van der Waals surface area contributed by atoms with Crippen LogP contribution in [0.2, 0.25) is 0 Å². The molecule has 1 unspecified atom stereocenters. The van der Waals surface area contributed by atoms with Crippen LogP contribution in [0.4, 0.5) is 0 Å². The molecule has 1 aromatic rings. The first-order valence-electron chi connectivity index (χ1n) is 6.25. The van der Waals surface area contributed by atoms with Crippen molar-refractivity contribution in [3.63, 3.8) is 0 Å². The Morgan fingerprint density at radius 3 is 2.55 bits per heavy atom. The third-order valence-corrected chi connectivity index (χ3v) is 3.81. The van der Waals surface area contributed by atoms with Crippen molar-refractivity contribution in [3.05, 3.63) is 26.8 Å². The molecule has 0 spiro atoms.